The van der Waals surface area contributed by atoms with Crippen molar-refractivity contribution in [2.45, 2.75) is 0 Å². The molecule has 0 spiro atoms. The number of hydrogen-bond donors (Lipinski definition) is 0. The molecule has 0 aliphatic heterocycles. The van der Waals surface area contributed by atoms with E-state index in [-0.39, 0.29) is 152 Å². The summed E-state index contributed by atoms with van der Waals surface area (Å²) in [5, 5.41) is 81.6. The average Bonchev–Trinajstić information content (AvgIpc) is 3.33. The molecule has 31 nitrogen and oxygen atoms in total. The Morgan fingerprint density at radius 1 is 0.153 bits per heavy atom. The maximum Gasteiger partial charge on any atom is 3.00 e. The molecule has 0 atom stereocenters. The van der Waals surface area contributed by atoms with Gasteiger partial charge in [0.25, 0.3) is 0 Å². The summed E-state index contributed by atoms with van der Waals surface area (Å²) in [6, 6.07) is 0. The van der Waals surface area contributed by atoms with E-state index in [1.807, 2.05) is 76.0 Å². The van der Waals surface area contributed by atoms with Gasteiger partial charge in [0.15, 0.2) is 0 Å². The summed E-state index contributed by atoms with van der Waals surface area (Å²) in [4.78, 5) is 41.5. The Bertz CT molecular complexity index is 1460. The van der Waals surface area contributed by atoms with Crippen molar-refractivity contribution >= 4 is 65.6 Å². The first-order valence-corrected chi connectivity index (χ1v) is 25.3. The van der Waals surface area contributed by atoms with Crippen LogP contribution in [0, 0.1) is 0 Å². The maximum atomic E-state index is 9.40. The molecule has 0 rings (SSSR count). The zero-order chi connectivity index (χ0) is 68.3. The van der Waals surface area contributed by atoms with Crippen LogP contribution in [0.5, 0.6) is 0 Å². The van der Waals surface area contributed by atoms with E-state index >= 15 is 0 Å². The Balaban J connectivity index is -0.0000000708. The smallest absolute Gasteiger partial charge is 0.432 e. The van der Waals surface area contributed by atoms with Crippen LogP contribution in [-0.2, 0) is 98.1 Å². The minimum atomic E-state index is -0.00241. The number of guanidine groups is 11. The molecule has 0 aliphatic carbocycles. The van der Waals surface area contributed by atoms with Gasteiger partial charge < -0.3 is 157 Å². The quantitative estimate of drug-likeness (QED) is 0.230. The second-order valence-electron chi connectivity index (χ2n) is 21.4. The molecule has 34 heteroatoms. The Kier molecular flexibility index (Phi) is 76.6. The summed E-state index contributed by atoms with van der Waals surface area (Å²) < 4.78 is 0. The standard InChI is InChI=1S/2C8H18N5.7C5H12N3.3Y/c2*1-11(2)7(9)10-8(12(3)4)13(5)6;7*1-7(2)5(6)8(3)4;;;/h2*1-6H3;7*1-4H3;;;/q9*-1;3*+3. The van der Waals surface area contributed by atoms with Crippen LogP contribution in [-0.4, -0.2) is 445 Å². The molecule has 0 aromatic carbocycles. The third-order valence-corrected chi connectivity index (χ3v) is 8.40. The van der Waals surface area contributed by atoms with Gasteiger partial charge in [0.2, 0.25) is 0 Å². The molecule has 85 heavy (non-hydrogen) atoms. The van der Waals surface area contributed by atoms with Crippen molar-refractivity contribution in [3.63, 3.8) is 0 Å². The Morgan fingerprint density at radius 3 is 0.271 bits per heavy atom. The molecule has 0 saturated heterocycles. The molecule has 0 saturated carbocycles. The van der Waals surface area contributed by atoms with Gasteiger partial charge in [-0.05, 0) is 226 Å². The van der Waals surface area contributed by atoms with E-state index in [2.05, 4.69) is 9.98 Å². The van der Waals surface area contributed by atoms with E-state index in [0.29, 0.717) is 11.9 Å². The average molecular weight is 1430 g/mol. The van der Waals surface area contributed by atoms with Crippen molar-refractivity contribution in [2.75, 3.05) is 282 Å². The summed E-state index contributed by atoms with van der Waals surface area (Å²) in [6.45, 7) is 0. The predicted molar refractivity (Wildman–Crippen MR) is 364 cm³/mol. The van der Waals surface area contributed by atoms with Crippen LogP contribution in [0.2, 0.25) is 0 Å². The second-order valence-corrected chi connectivity index (χ2v) is 21.4. The van der Waals surface area contributed by atoms with E-state index in [4.69, 9.17) is 37.9 Å². The van der Waals surface area contributed by atoms with Crippen LogP contribution in [0.4, 0.5) is 0 Å². The Morgan fingerprint density at radius 2 is 0.235 bits per heavy atom. The number of hydrogen-bond acceptors (Lipinski definition) is 0. The first-order chi connectivity index (χ1) is 36.6. The van der Waals surface area contributed by atoms with Crippen molar-refractivity contribution in [1.82, 2.24) is 98.0 Å². The van der Waals surface area contributed by atoms with Crippen LogP contribution >= 0.6 is 0 Å². The zero-order valence-corrected chi connectivity index (χ0v) is 69.6. The van der Waals surface area contributed by atoms with Crippen molar-refractivity contribution in [2.24, 2.45) is 9.98 Å². The fourth-order valence-electron chi connectivity index (χ4n) is 4.38. The van der Waals surface area contributed by atoms with E-state index < -0.39 is 0 Å². The third-order valence-electron chi connectivity index (χ3n) is 8.40. The zero-order valence-electron chi connectivity index (χ0n) is 61.1. The first kappa shape index (κ1) is 109. The van der Waals surface area contributed by atoms with Gasteiger partial charge in [-0.1, -0.05) is 0 Å². The summed E-state index contributed by atoms with van der Waals surface area (Å²) in [7, 11) is 72.0. The molecule has 0 aromatic heterocycles. The monoisotopic (exact) mass is 1430 g/mol. The summed E-state index contributed by atoms with van der Waals surface area (Å²) in [6.07, 6.45) is 0. The fraction of sp³-hybridized carbons (Fsp3) is 0.784. The van der Waals surface area contributed by atoms with Gasteiger partial charge in [-0.3, -0.25) is 0 Å². The molecule has 0 heterocycles. The van der Waals surface area contributed by atoms with Gasteiger partial charge in [0, 0.05) is 110 Å². The molecule has 0 aliphatic rings. The van der Waals surface area contributed by atoms with Crippen molar-refractivity contribution in [3.8, 4) is 0 Å². The number of aliphatic imine (C=N–C) groups is 2. The molecule has 0 radical (unpaired) electrons. The van der Waals surface area contributed by atoms with Crippen LogP contribution in [0.1, 0.15) is 0 Å². The van der Waals surface area contributed by atoms with Crippen LogP contribution in [0.25, 0.3) is 48.7 Å². The molecule has 0 amide bonds. The molecular formula is C51H120N31Y3. The van der Waals surface area contributed by atoms with Gasteiger partial charge in [0.1, 0.15) is 11.9 Å². The summed E-state index contributed by atoms with van der Waals surface area (Å²) in [5.41, 5.74) is 0. The van der Waals surface area contributed by atoms with Gasteiger partial charge in [0.05, 0.1) is 0 Å². The topological polar surface area (TPSA) is 290 Å². The molecule has 0 fully saturated rings. The van der Waals surface area contributed by atoms with Gasteiger partial charge in [-0.2, -0.15) is 0 Å². The normalized spacial score (nSPS) is 8.38. The van der Waals surface area contributed by atoms with Crippen LogP contribution in [0.15, 0.2) is 9.98 Å². The van der Waals surface area contributed by atoms with Crippen LogP contribution < -0.4 is 0 Å². The largest absolute Gasteiger partial charge is 3.00 e. The molecule has 0 N–H and O–H groups in total. The Labute approximate surface area is 596 Å². The van der Waals surface area contributed by atoms with Gasteiger partial charge in [-0.25, -0.2) is 0 Å². The van der Waals surface area contributed by atoms with Crippen molar-refractivity contribution < 1.29 is 98.1 Å². The molecular weight excluding hydrogens is 1310 g/mol. The van der Waals surface area contributed by atoms with Crippen molar-refractivity contribution in [1.29, 1.82) is 0 Å². The SMILES string of the molecule is CN(C)C(=[N-])N(C)C.CN(C)C(=[N-])N(C)C.CN(C)C(=[N-])N(C)C.CN(C)C(=[N-])N(C)C.CN(C)C(=[N-])N(C)C.CN(C)C(=[N-])N(C)C.CN(C)C(=[N-])N(C)C.CN(C)C(=[N-])N=C(N(C)C)N(C)C.CN(C)C(=[N-])N=C(N(C)C)N(C)C.[Y+3].[Y+3].[Y+3]. The minimum Gasteiger partial charge on any atom is -0.432 e. The fourth-order valence-corrected chi connectivity index (χ4v) is 4.38. The summed E-state index contributed by atoms with van der Waals surface area (Å²) in [5.74, 6) is 3.28. The predicted octanol–water partition coefficient (Wildman–Crippen LogP) is 0.143. The molecule has 488 valence electrons. The summed E-state index contributed by atoms with van der Waals surface area (Å²) >= 11 is 0. The molecule has 0 unspecified atom stereocenters. The van der Waals surface area contributed by atoms with E-state index in [0.717, 1.165) is 0 Å². The van der Waals surface area contributed by atoms with E-state index in [1.165, 1.54) is 0 Å². The van der Waals surface area contributed by atoms with E-state index in [9.17, 15) is 10.8 Å². The number of rotatable bonds is 0. The molecule has 0 aromatic rings. The second kappa shape index (κ2) is 60.0. The molecule has 0 bridgehead atoms. The van der Waals surface area contributed by atoms with Crippen molar-refractivity contribution in [3.05, 3.63) is 48.7 Å². The first-order valence-electron chi connectivity index (χ1n) is 25.3. The van der Waals surface area contributed by atoms with E-state index in [1.54, 1.807) is 304 Å². The van der Waals surface area contributed by atoms with Crippen LogP contribution in [0.3, 0.4) is 0 Å². The van der Waals surface area contributed by atoms with Gasteiger partial charge in [-0.15, -0.1) is 0 Å². The number of nitrogens with zero attached hydrogens (tertiary/aromatic N) is 31. The Hall–Kier alpha value is -4.32. The van der Waals surface area contributed by atoms with Gasteiger partial charge >= 0.3 is 98.1 Å². The third kappa shape index (κ3) is 68.7. The minimum absolute atomic E-state index is 0. The maximum absolute atomic E-state index is 9.40.